The summed E-state index contributed by atoms with van der Waals surface area (Å²) in [5, 5.41) is 7.46. The fourth-order valence-corrected chi connectivity index (χ4v) is 2.59. The number of carbonyl (C=O) groups is 1. The molecule has 5 nitrogen and oxygen atoms in total. The molecule has 0 atom stereocenters. The summed E-state index contributed by atoms with van der Waals surface area (Å²) in [5.74, 6) is 0.315. The van der Waals surface area contributed by atoms with Gasteiger partial charge in [-0.2, -0.15) is 5.10 Å². The molecule has 0 radical (unpaired) electrons. The van der Waals surface area contributed by atoms with Gasteiger partial charge in [-0.3, -0.25) is 14.4 Å². The number of piperazine rings is 1. The molecule has 2 heterocycles. The number of hydrogen-bond acceptors (Lipinski definition) is 4. The standard InChI is InChI=1S/C14H24N4O/c1-14(2,18-10-8-15-9-11-18)13(19)5-4-12-6-7-16-17(12)3/h6-7,15H,4-5,8-11H2,1-3H3. The first-order chi connectivity index (χ1) is 9.01. The number of Topliss-reactive ketones (excluding diaryl/α,β-unsaturated/α-hetero) is 1. The molecule has 1 aliphatic rings. The quantitative estimate of drug-likeness (QED) is 0.846. The zero-order valence-electron chi connectivity index (χ0n) is 12.1. The van der Waals surface area contributed by atoms with Crippen LogP contribution in [-0.2, 0) is 18.3 Å². The van der Waals surface area contributed by atoms with E-state index in [4.69, 9.17) is 0 Å². The maximum Gasteiger partial charge on any atom is 0.152 e. The summed E-state index contributed by atoms with van der Waals surface area (Å²) in [7, 11) is 1.92. The smallest absolute Gasteiger partial charge is 0.152 e. The Kier molecular flexibility index (Phi) is 4.37. The first kappa shape index (κ1) is 14.2. The van der Waals surface area contributed by atoms with Crippen molar-refractivity contribution in [1.82, 2.24) is 20.0 Å². The van der Waals surface area contributed by atoms with Gasteiger partial charge in [-0.1, -0.05) is 0 Å². The van der Waals surface area contributed by atoms with Crippen LogP contribution in [0.5, 0.6) is 0 Å². The van der Waals surface area contributed by atoms with Crippen molar-refractivity contribution >= 4 is 5.78 Å². The van der Waals surface area contributed by atoms with Crippen LogP contribution in [0, 0.1) is 0 Å². The van der Waals surface area contributed by atoms with E-state index in [1.807, 2.05) is 31.6 Å². The normalized spacial score (nSPS) is 17.6. The summed E-state index contributed by atoms with van der Waals surface area (Å²) in [6, 6.07) is 1.98. The van der Waals surface area contributed by atoms with Crippen molar-refractivity contribution in [3.8, 4) is 0 Å². The third-order valence-electron chi connectivity index (χ3n) is 4.12. The maximum atomic E-state index is 12.5. The van der Waals surface area contributed by atoms with E-state index in [-0.39, 0.29) is 5.54 Å². The summed E-state index contributed by atoms with van der Waals surface area (Å²) >= 11 is 0. The lowest BCUT2D eigenvalue weighted by molar-refractivity contribution is -0.129. The van der Waals surface area contributed by atoms with Crippen LogP contribution >= 0.6 is 0 Å². The predicted molar refractivity (Wildman–Crippen MR) is 75.1 cm³/mol. The molecule has 19 heavy (non-hydrogen) atoms. The highest BCUT2D eigenvalue weighted by molar-refractivity contribution is 5.87. The van der Waals surface area contributed by atoms with Crippen LogP contribution in [0.4, 0.5) is 0 Å². The summed E-state index contributed by atoms with van der Waals surface area (Å²) in [6.45, 7) is 7.93. The van der Waals surface area contributed by atoms with Crippen LogP contribution in [0.2, 0.25) is 0 Å². The Morgan fingerprint density at radius 2 is 2.11 bits per heavy atom. The molecule has 1 fully saturated rings. The van der Waals surface area contributed by atoms with Crippen LogP contribution < -0.4 is 5.32 Å². The van der Waals surface area contributed by atoms with Crippen LogP contribution in [-0.4, -0.2) is 52.2 Å². The van der Waals surface area contributed by atoms with Crippen molar-refractivity contribution in [3.05, 3.63) is 18.0 Å². The molecular formula is C14H24N4O. The maximum absolute atomic E-state index is 12.5. The van der Waals surface area contributed by atoms with Gasteiger partial charge < -0.3 is 5.32 Å². The lowest BCUT2D eigenvalue weighted by Gasteiger charge is -2.40. The Bertz CT molecular complexity index is 432. The minimum atomic E-state index is -0.360. The van der Waals surface area contributed by atoms with Crippen molar-refractivity contribution in [2.24, 2.45) is 7.05 Å². The van der Waals surface area contributed by atoms with E-state index in [1.54, 1.807) is 6.20 Å². The number of ketones is 1. The SMILES string of the molecule is Cn1nccc1CCC(=O)C(C)(C)N1CCNCC1. The fourth-order valence-electron chi connectivity index (χ4n) is 2.59. The topological polar surface area (TPSA) is 50.2 Å². The second-order valence-electron chi connectivity index (χ2n) is 5.67. The first-order valence-corrected chi connectivity index (χ1v) is 6.98. The number of hydrogen-bond donors (Lipinski definition) is 1. The molecule has 1 aromatic heterocycles. The Hall–Kier alpha value is -1.20. The van der Waals surface area contributed by atoms with E-state index >= 15 is 0 Å². The molecule has 1 aliphatic heterocycles. The number of aryl methyl sites for hydroxylation is 2. The number of rotatable bonds is 5. The van der Waals surface area contributed by atoms with E-state index in [2.05, 4.69) is 15.3 Å². The molecule has 0 aliphatic carbocycles. The van der Waals surface area contributed by atoms with Crippen molar-refractivity contribution < 1.29 is 4.79 Å². The average molecular weight is 264 g/mol. The van der Waals surface area contributed by atoms with Gasteiger partial charge in [-0.25, -0.2) is 0 Å². The number of nitrogens with zero attached hydrogens (tertiary/aromatic N) is 3. The van der Waals surface area contributed by atoms with E-state index in [1.165, 1.54) is 0 Å². The van der Waals surface area contributed by atoms with Crippen LogP contribution in [0.1, 0.15) is 26.0 Å². The van der Waals surface area contributed by atoms with Gasteiger partial charge >= 0.3 is 0 Å². The van der Waals surface area contributed by atoms with E-state index < -0.39 is 0 Å². The average Bonchev–Trinajstić information content (AvgIpc) is 2.82. The van der Waals surface area contributed by atoms with Crippen molar-refractivity contribution in [1.29, 1.82) is 0 Å². The van der Waals surface area contributed by atoms with E-state index in [0.29, 0.717) is 12.2 Å². The number of nitrogens with one attached hydrogen (secondary N) is 1. The highest BCUT2D eigenvalue weighted by Gasteiger charge is 2.34. The second kappa shape index (κ2) is 5.84. The molecule has 0 spiro atoms. The van der Waals surface area contributed by atoms with Crippen molar-refractivity contribution in [3.63, 3.8) is 0 Å². The summed E-state index contributed by atoms with van der Waals surface area (Å²) in [4.78, 5) is 14.8. The van der Waals surface area contributed by atoms with Gasteiger partial charge in [0.05, 0.1) is 5.54 Å². The molecule has 1 aromatic rings. The molecule has 106 valence electrons. The molecule has 5 heteroatoms. The van der Waals surface area contributed by atoms with E-state index in [0.717, 1.165) is 38.3 Å². The molecule has 1 N–H and O–H groups in total. The van der Waals surface area contributed by atoms with Gasteiger partial charge in [-0.15, -0.1) is 0 Å². The lowest BCUT2D eigenvalue weighted by atomic mass is 9.92. The Balaban J connectivity index is 1.92. The van der Waals surface area contributed by atoms with Gasteiger partial charge in [0.2, 0.25) is 0 Å². The lowest BCUT2D eigenvalue weighted by Crippen LogP contribution is -2.57. The minimum Gasteiger partial charge on any atom is -0.314 e. The molecule has 1 saturated heterocycles. The van der Waals surface area contributed by atoms with Gasteiger partial charge in [-0.05, 0) is 26.3 Å². The van der Waals surface area contributed by atoms with Crippen molar-refractivity contribution in [2.75, 3.05) is 26.2 Å². The van der Waals surface area contributed by atoms with Crippen LogP contribution in [0.25, 0.3) is 0 Å². The van der Waals surface area contributed by atoms with Gasteiger partial charge in [0, 0.05) is 51.5 Å². The molecule has 2 rings (SSSR count). The summed E-state index contributed by atoms with van der Waals surface area (Å²) in [5.41, 5.74) is 0.755. The highest BCUT2D eigenvalue weighted by Crippen LogP contribution is 2.19. The third kappa shape index (κ3) is 3.22. The Morgan fingerprint density at radius 3 is 2.68 bits per heavy atom. The monoisotopic (exact) mass is 264 g/mol. The third-order valence-corrected chi connectivity index (χ3v) is 4.12. The van der Waals surface area contributed by atoms with Gasteiger partial charge in [0.15, 0.2) is 5.78 Å². The predicted octanol–water partition coefficient (Wildman–Crippen LogP) is 0.606. The first-order valence-electron chi connectivity index (χ1n) is 6.98. The van der Waals surface area contributed by atoms with Crippen LogP contribution in [0.3, 0.4) is 0 Å². The molecule has 0 bridgehead atoms. The zero-order chi connectivity index (χ0) is 13.9. The van der Waals surface area contributed by atoms with Crippen molar-refractivity contribution in [2.45, 2.75) is 32.2 Å². The molecule has 0 saturated carbocycles. The molecular weight excluding hydrogens is 240 g/mol. The highest BCUT2D eigenvalue weighted by atomic mass is 16.1. The zero-order valence-corrected chi connectivity index (χ0v) is 12.1. The fraction of sp³-hybridized carbons (Fsp3) is 0.714. The van der Waals surface area contributed by atoms with Gasteiger partial charge in [0.25, 0.3) is 0 Å². The van der Waals surface area contributed by atoms with Gasteiger partial charge in [0.1, 0.15) is 0 Å². The molecule has 0 amide bonds. The summed E-state index contributed by atoms with van der Waals surface area (Å²) < 4.78 is 1.84. The number of carbonyl (C=O) groups excluding carboxylic acids is 1. The second-order valence-corrected chi connectivity index (χ2v) is 5.67. The molecule has 0 unspecified atom stereocenters. The Morgan fingerprint density at radius 1 is 1.42 bits per heavy atom. The minimum absolute atomic E-state index is 0.315. The largest absolute Gasteiger partial charge is 0.314 e. The Labute approximate surface area is 115 Å². The summed E-state index contributed by atoms with van der Waals surface area (Å²) in [6.07, 6.45) is 3.13. The van der Waals surface area contributed by atoms with Crippen LogP contribution in [0.15, 0.2) is 12.3 Å². The molecule has 0 aromatic carbocycles. The number of aromatic nitrogens is 2. The van der Waals surface area contributed by atoms with E-state index in [9.17, 15) is 4.79 Å².